The van der Waals surface area contributed by atoms with Crippen molar-refractivity contribution in [1.29, 1.82) is 0 Å². The van der Waals surface area contributed by atoms with Crippen LogP contribution in [-0.2, 0) is 18.2 Å². The highest BCUT2D eigenvalue weighted by Crippen LogP contribution is 2.27. The van der Waals surface area contributed by atoms with Crippen LogP contribution in [0, 0.1) is 6.92 Å². The predicted molar refractivity (Wildman–Crippen MR) is 125 cm³/mol. The molecular weight excluding hydrogens is 432 g/mol. The molecule has 1 aromatic carbocycles. The minimum atomic E-state index is -0.415. The molecule has 170 valence electrons. The van der Waals surface area contributed by atoms with Gasteiger partial charge in [-0.25, -0.2) is 9.78 Å². The van der Waals surface area contributed by atoms with Crippen LogP contribution in [0.5, 0.6) is 0 Å². The van der Waals surface area contributed by atoms with Gasteiger partial charge in [0, 0.05) is 37.0 Å². The number of carbonyl (C=O) groups excluding carboxylic acids is 1. The molecule has 34 heavy (non-hydrogen) atoms. The smallest absolute Gasteiger partial charge is 0.339 e. The van der Waals surface area contributed by atoms with E-state index in [1.165, 1.54) is 0 Å². The molecule has 0 spiro atoms. The highest BCUT2D eigenvalue weighted by molar-refractivity contribution is 6.05. The molecule has 0 saturated heterocycles. The molecule has 0 aliphatic carbocycles. The van der Waals surface area contributed by atoms with Crippen LogP contribution in [0.4, 0.5) is 0 Å². The molecule has 0 amide bonds. The van der Waals surface area contributed by atoms with Gasteiger partial charge in [-0.2, -0.15) is 10.1 Å². The number of aryl methyl sites for hydroxylation is 3. The first-order valence-electron chi connectivity index (χ1n) is 10.9. The standard InChI is InChI=1S/C25H22N6O3/c1-16-22-19(14-20(17-8-4-3-5-9-17)27-24(22)31(2)29-16)25(32)33-13-7-11-21-28-23(30-34-21)18-10-6-12-26-15-18/h3-6,8-10,12,14-15H,7,11,13H2,1-2H3. The van der Waals surface area contributed by atoms with E-state index in [1.807, 2.05) is 56.4 Å². The zero-order chi connectivity index (χ0) is 23.5. The fourth-order valence-corrected chi connectivity index (χ4v) is 3.80. The van der Waals surface area contributed by atoms with Crippen LogP contribution >= 0.6 is 0 Å². The maximum atomic E-state index is 13.1. The Morgan fingerprint density at radius 2 is 1.91 bits per heavy atom. The number of ether oxygens (including phenoxy) is 1. The second kappa shape index (κ2) is 9.22. The summed E-state index contributed by atoms with van der Waals surface area (Å²) in [7, 11) is 1.82. The van der Waals surface area contributed by atoms with Crippen molar-refractivity contribution in [2.45, 2.75) is 19.8 Å². The maximum Gasteiger partial charge on any atom is 0.339 e. The van der Waals surface area contributed by atoms with Crippen LogP contribution in [-0.4, -0.2) is 42.5 Å². The quantitative estimate of drug-likeness (QED) is 0.266. The van der Waals surface area contributed by atoms with Gasteiger partial charge in [0.25, 0.3) is 0 Å². The molecule has 0 N–H and O–H groups in total. The summed E-state index contributed by atoms with van der Waals surface area (Å²) in [5.74, 6) is 0.553. The van der Waals surface area contributed by atoms with Crippen LogP contribution in [0.2, 0.25) is 0 Å². The van der Waals surface area contributed by atoms with Crippen molar-refractivity contribution < 1.29 is 14.1 Å². The summed E-state index contributed by atoms with van der Waals surface area (Å²) in [6.45, 7) is 2.08. The van der Waals surface area contributed by atoms with E-state index >= 15 is 0 Å². The van der Waals surface area contributed by atoms with E-state index < -0.39 is 5.97 Å². The van der Waals surface area contributed by atoms with Gasteiger partial charge in [0.1, 0.15) is 0 Å². The number of benzene rings is 1. The van der Waals surface area contributed by atoms with Crippen molar-refractivity contribution in [1.82, 2.24) is 29.9 Å². The van der Waals surface area contributed by atoms with Crippen molar-refractivity contribution >= 4 is 17.0 Å². The van der Waals surface area contributed by atoms with Gasteiger partial charge in [0.2, 0.25) is 11.7 Å². The lowest BCUT2D eigenvalue weighted by Crippen LogP contribution is -2.09. The number of esters is 1. The van der Waals surface area contributed by atoms with Crippen molar-refractivity contribution in [3.63, 3.8) is 0 Å². The topological polar surface area (TPSA) is 109 Å². The molecule has 0 aliphatic rings. The van der Waals surface area contributed by atoms with Crippen LogP contribution in [0.25, 0.3) is 33.7 Å². The SMILES string of the molecule is Cc1nn(C)c2nc(-c3ccccc3)cc(C(=O)OCCCc3nc(-c4cccnc4)no3)c12. The molecule has 9 heteroatoms. The number of pyridine rings is 2. The number of carbonyl (C=O) groups is 1. The minimum Gasteiger partial charge on any atom is -0.462 e. The average molecular weight is 454 g/mol. The van der Waals surface area contributed by atoms with Gasteiger partial charge in [0.15, 0.2) is 5.65 Å². The molecule has 0 unspecified atom stereocenters. The van der Waals surface area contributed by atoms with Crippen molar-refractivity contribution in [3.05, 3.63) is 78.1 Å². The Kier molecular flexibility index (Phi) is 5.82. The van der Waals surface area contributed by atoms with Gasteiger partial charge in [-0.3, -0.25) is 9.67 Å². The second-order valence-electron chi connectivity index (χ2n) is 7.82. The Balaban J connectivity index is 1.30. The number of aromatic nitrogens is 6. The Bertz CT molecular complexity index is 1440. The fraction of sp³-hybridized carbons (Fsp3) is 0.200. The molecule has 5 aromatic rings. The van der Waals surface area contributed by atoms with Crippen molar-refractivity contribution in [2.75, 3.05) is 6.61 Å². The maximum absolute atomic E-state index is 13.1. The predicted octanol–water partition coefficient (Wildman–Crippen LogP) is 4.18. The van der Waals surface area contributed by atoms with Crippen LogP contribution in [0.3, 0.4) is 0 Å². The van der Waals surface area contributed by atoms with Crippen LogP contribution in [0.1, 0.15) is 28.4 Å². The van der Waals surface area contributed by atoms with Crippen molar-refractivity contribution in [2.24, 2.45) is 7.05 Å². The van der Waals surface area contributed by atoms with E-state index in [1.54, 1.807) is 23.1 Å². The lowest BCUT2D eigenvalue weighted by atomic mass is 10.1. The van der Waals surface area contributed by atoms with E-state index in [0.717, 1.165) is 16.8 Å². The van der Waals surface area contributed by atoms with Gasteiger partial charge in [-0.05, 0) is 31.5 Å². The van der Waals surface area contributed by atoms with E-state index in [2.05, 4.69) is 20.2 Å². The minimum absolute atomic E-state index is 0.216. The second-order valence-corrected chi connectivity index (χ2v) is 7.82. The Morgan fingerprint density at radius 1 is 1.09 bits per heavy atom. The molecule has 0 radical (unpaired) electrons. The number of hydrogen-bond acceptors (Lipinski definition) is 8. The third-order valence-electron chi connectivity index (χ3n) is 5.41. The number of fused-ring (bicyclic) bond motifs is 1. The zero-order valence-electron chi connectivity index (χ0n) is 18.8. The lowest BCUT2D eigenvalue weighted by Gasteiger charge is -2.09. The normalized spacial score (nSPS) is 11.1. The molecule has 0 saturated carbocycles. The molecule has 0 atom stereocenters. The summed E-state index contributed by atoms with van der Waals surface area (Å²) in [5.41, 5.74) is 4.21. The summed E-state index contributed by atoms with van der Waals surface area (Å²) < 4.78 is 12.6. The summed E-state index contributed by atoms with van der Waals surface area (Å²) in [4.78, 5) is 26.2. The Hall–Kier alpha value is -4.40. The zero-order valence-corrected chi connectivity index (χ0v) is 18.8. The number of nitrogens with zero attached hydrogens (tertiary/aromatic N) is 6. The Morgan fingerprint density at radius 3 is 2.71 bits per heavy atom. The molecule has 0 bridgehead atoms. The first kappa shape index (κ1) is 21.4. The highest BCUT2D eigenvalue weighted by atomic mass is 16.5. The number of rotatable bonds is 7. The largest absolute Gasteiger partial charge is 0.462 e. The summed E-state index contributed by atoms with van der Waals surface area (Å²) >= 11 is 0. The van der Waals surface area contributed by atoms with E-state index in [9.17, 15) is 4.79 Å². The van der Waals surface area contributed by atoms with E-state index in [-0.39, 0.29) is 6.61 Å². The Labute approximate surface area is 195 Å². The van der Waals surface area contributed by atoms with Gasteiger partial charge in [0.05, 0.1) is 28.9 Å². The summed E-state index contributed by atoms with van der Waals surface area (Å²) in [6, 6.07) is 15.2. The van der Waals surface area contributed by atoms with Crippen LogP contribution in [0.15, 0.2) is 65.4 Å². The van der Waals surface area contributed by atoms with Crippen molar-refractivity contribution in [3.8, 4) is 22.6 Å². The monoisotopic (exact) mass is 454 g/mol. The average Bonchev–Trinajstić information content (AvgIpc) is 3.46. The van der Waals surface area contributed by atoms with E-state index in [4.69, 9.17) is 14.2 Å². The van der Waals surface area contributed by atoms with Gasteiger partial charge >= 0.3 is 5.97 Å². The molecule has 5 rings (SSSR count). The molecule has 4 aromatic heterocycles. The van der Waals surface area contributed by atoms with Gasteiger partial charge in [-0.15, -0.1) is 0 Å². The highest BCUT2D eigenvalue weighted by Gasteiger charge is 2.20. The van der Waals surface area contributed by atoms with E-state index in [0.29, 0.717) is 46.8 Å². The lowest BCUT2D eigenvalue weighted by molar-refractivity contribution is 0.0500. The van der Waals surface area contributed by atoms with Gasteiger partial charge in [-0.1, -0.05) is 35.5 Å². The summed E-state index contributed by atoms with van der Waals surface area (Å²) in [6.07, 6.45) is 4.40. The number of hydrogen-bond donors (Lipinski definition) is 0. The molecule has 4 heterocycles. The van der Waals surface area contributed by atoms with Gasteiger partial charge < -0.3 is 9.26 Å². The summed E-state index contributed by atoms with van der Waals surface area (Å²) in [5, 5.41) is 9.13. The molecular formula is C25H22N6O3. The molecule has 0 aliphatic heterocycles. The first-order chi connectivity index (χ1) is 16.6. The fourth-order valence-electron chi connectivity index (χ4n) is 3.80. The molecule has 9 nitrogen and oxygen atoms in total. The molecule has 0 fully saturated rings. The first-order valence-corrected chi connectivity index (χ1v) is 10.9. The van der Waals surface area contributed by atoms with Crippen LogP contribution < -0.4 is 0 Å². The third-order valence-corrected chi connectivity index (χ3v) is 5.41. The third kappa shape index (κ3) is 4.27.